The van der Waals surface area contributed by atoms with E-state index in [4.69, 9.17) is 17.9 Å². The molecule has 0 fully saturated rings. The predicted octanol–water partition coefficient (Wildman–Crippen LogP) is -0.878. The predicted molar refractivity (Wildman–Crippen MR) is 72.9 cm³/mol. The molecule has 1 rings (SSSR count). The molecule has 0 aromatic heterocycles. The molecule has 1 unspecified atom stereocenters. The van der Waals surface area contributed by atoms with Crippen LogP contribution in [0.2, 0.25) is 0 Å². The number of guanidine groups is 1. The Morgan fingerprint density at radius 1 is 1.37 bits per heavy atom. The van der Waals surface area contributed by atoms with Gasteiger partial charge in [-0.15, -0.1) is 12.3 Å². The summed E-state index contributed by atoms with van der Waals surface area (Å²) >= 11 is 0. The van der Waals surface area contributed by atoms with Gasteiger partial charge < -0.3 is 5.11 Å². The Hall–Kier alpha value is -2.48. The second-order valence-electron chi connectivity index (χ2n) is 4.18. The molecule has 0 amide bonds. The van der Waals surface area contributed by atoms with Gasteiger partial charge in [-0.25, -0.2) is 0 Å². The Labute approximate surface area is 112 Å². The van der Waals surface area contributed by atoms with Crippen LogP contribution in [0.5, 0.6) is 0 Å². The molecule has 0 radical (unpaired) electrons. The van der Waals surface area contributed by atoms with Crippen molar-refractivity contribution < 1.29 is 14.9 Å². The first-order valence-corrected chi connectivity index (χ1v) is 5.91. The van der Waals surface area contributed by atoms with Crippen molar-refractivity contribution in [3.05, 3.63) is 35.4 Å². The van der Waals surface area contributed by atoms with Gasteiger partial charge in [-0.05, 0) is 17.5 Å². The van der Waals surface area contributed by atoms with Crippen molar-refractivity contribution in [2.24, 2.45) is 11.5 Å². The van der Waals surface area contributed by atoms with E-state index >= 15 is 0 Å². The van der Waals surface area contributed by atoms with Crippen LogP contribution in [0.25, 0.3) is 0 Å². The molecule has 0 heterocycles. The van der Waals surface area contributed by atoms with E-state index in [-0.39, 0.29) is 5.96 Å². The van der Waals surface area contributed by atoms with Gasteiger partial charge in [-0.2, -0.15) is 0 Å². The normalized spacial score (nSPS) is 11.3. The van der Waals surface area contributed by atoms with Crippen LogP contribution in [0.3, 0.4) is 0 Å². The standard InChI is InChI=1S/C14H17N3O2/c1-2-3-4-12(13(18)19)11-7-5-10(6-8-11)9-17-14(15)16/h1,5-8,12H,3-4,9H2,(H,18,19)(H4,15,16,17)/p+1. The molecular weight excluding hydrogens is 242 g/mol. The molecular formula is C14H18N3O2+. The average Bonchev–Trinajstić information content (AvgIpc) is 2.37. The third kappa shape index (κ3) is 4.72. The van der Waals surface area contributed by atoms with E-state index in [2.05, 4.69) is 10.9 Å². The monoisotopic (exact) mass is 260 g/mol. The molecule has 19 heavy (non-hydrogen) atoms. The number of carbonyl (C=O) groups is 1. The summed E-state index contributed by atoms with van der Waals surface area (Å²) in [7, 11) is 0. The smallest absolute Gasteiger partial charge is 0.339 e. The summed E-state index contributed by atoms with van der Waals surface area (Å²) in [6.45, 7) is 0.505. The molecule has 1 aromatic rings. The molecule has 0 aliphatic heterocycles. The second kappa shape index (κ2) is 7.07. The highest BCUT2D eigenvalue weighted by molar-refractivity contribution is 5.76. The Bertz CT molecular complexity index is 496. The third-order valence-electron chi connectivity index (χ3n) is 2.75. The summed E-state index contributed by atoms with van der Waals surface area (Å²) in [4.78, 5) is 14.0. The highest BCUT2D eigenvalue weighted by Crippen LogP contribution is 2.21. The fraction of sp³-hybridized carbons (Fsp3) is 0.286. The molecule has 5 nitrogen and oxygen atoms in total. The minimum absolute atomic E-state index is 0.154. The van der Waals surface area contributed by atoms with Crippen LogP contribution in [-0.4, -0.2) is 17.0 Å². The number of hydrogen-bond acceptors (Lipinski definition) is 1. The van der Waals surface area contributed by atoms with Gasteiger partial charge in [-0.3, -0.25) is 21.3 Å². The zero-order chi connectivity index (χ0) is 14.3. The number of carboxylic acids is 1. The summed E-state index contributed by atoms with van der Waals surface area (Å²) in [6, 6.07) is 7.27. The summed E-state index contributed by atoms with van der Waals surface area (Å²) in [5, 5.41) is 9.18. The number of nitrogens with two attached hydrogens (primary N) is 2. The molecule has 0 bridgehead atoms. The molecule has 1 atom stereocenters. The summed E-state index contributed by atoms with van der Waals surface area (Å²) in [5.74, 6) is 1.19. The Morgan fingerprint density at radius 2 is 2.00 bits per heavy atom. The molecule has 0 aliphatic carbocycles. The zero-order valence-corrected chi connectivity index (χ0v) is 10.6. The second-order valence-corrected chi connectivity index (χ2v) is 4.18. The molecule has 0 spiro atoms. The maximum absolute atomic E-state index is 11.2. The minimum atomic E-state index is -0.860. The van der Waals surface area contributed by atoms with Crippen molar-refractivity contribution in [2.45, 2.75) is 25.3 Å². The zero-order valence-electron chi connectivity index (χ0n) is 10.6. The summed E-state index contributed by atoms with van der Waals surface area (Å²) in [5.41, 5.74) is 12.3. The SMILES string of the molecule is C#CCCC(C(=O)O)c1ccc(C[NH+]=C(N)N)cc1. The van der Waals surface area contributed by atoms with Crippen LogP contribution in [-0.2, 0) is 11.3 Å². The van der Waals surface area contributed by atoms with Crippen molar-refractivity contribution in [3.63, 3.8) is 0 Å². The lowest BCUT2D eigenvalue weighted by Crippen LogP contribution is -2.76. The summed E-state index contributed by atoms with van der Waals surface area (Å²) in [6.07, 6.45) is 6.05. The number of carboxylic acid groups (broad SMARTS) is 1. The van der Waals surface area contributed by atoms with Gasteiger partial charge in [0.15, 0.2) is 0 Å². The van der Waals surface area contributed by atoms with Crippen LogP contribution < -0.4 is 16.5 Å². The largest absolute Gasteiger partial charge is 0.481 e. The molecule has 0 saturated heterocycles. The van der Waals surface area contributed by atoms with E-state index in [0.29, 0.717) is 19.4 Å². The quantitative estimate of drug-likeness (QED) is 0.303. The van der Waals surface area contributed by atoms with E-state index in [1.165, 1.54) is 0 Å². The van der Waals surface area contributed by atoms with Crippen molar-refractivity contribution in [2.75, 3.05) is 0 Å². The highest BCUT2D eigenvalue weighted by Gasteiger charge is 2.18. The number of benzene rings is 1. The minimum Gasteiger partial charge on any atom is -0.481 e. The van der Waals surface area contributed by atoms with Crippen molar-refractivity contribution in [3.8, 4) is 12.3 Å². The van der Waals surface area contributed by atoms with E-state index in [1.54, 1.807) is 12.1 Å². The molecule has 0 saturated carbocycles. The average molecular weight is 260 g/mol. The van der Waals surface area contributed by atoms with Gasteiger partial charge in [-0.1, -0.05) is 24.3 Å². The number of terminal acetylenes is 1. The van der Waals surface area contributed by atoms with Crippen LogP contribution in [0.15, 0.2) is 24.3 Å². The van der Waals surface area contributed by atoms with Crippen molar-refractivity contribution >= 4 is 11.9 Å². The van der Waals surface area contributed by atoms with E-state index in [0.717, 1.165) is 11.1 Å². The van der Waals surface area contributed by atoms with Gasteiger partial charge >= 0.3 is 11.9 Å². The summed E-state index contributed by atoms with van der Waals surface area (Å²) < 4.78 is 0. The van der Waals surface area contributed by atoms with Gasteiger partial charge in [0.05, 0.1) is 12.5 Å². The maximum atomic E-state index is 11.2. The first-order valence-electron chi connectivity index (χ1n) is 5.91. The number of aliphatic carboxylic acids is 1. The topological polar surface area (TPSA) is 103 Å². The molecule has 1 aromatic carbocycles. The van der Waals surface area contributed by atoms with Crippen LogP contribution in [0.4, 0.5) is 0 Å². The fourth-order valence-corrected chi connectivity index (χ4v) is 1.73. The molecule has 100 valence electrons. The van der Waals surface area contributed by atoms with Gasteiger partial charge in [0.2, 0.25) is 0 Å². The van der Waals surface area contributed by atoms with E-state index < -0.39 is 11.9 Å². The lowest BCUT2D eigenvalue weighted by Gasteiger charge is -2.11. The van der Waals surface area contributed by atoms with Crippen LogP contribution in [0, 0.1) is 12.3 Å². The lowest BCUT2D eigenvalue weighted by atomic mass is 9.94. The Morgan fingerprint density at radius 3 is 2.47 bits per heavy atom. The molecule has 0 aliphatic rings. The maximum Gasteiger partial charge on any atom is 0.339 e. The molecule has 6 N–H and O–H groups in total. The number of rotatable bonds is 6. The Balaban J connectivity index is 2.80. The van der Waals surface area contributed by atoms with Gasteiger partial charge in [0.25, 0.3) is 0 Å². The molecule has 5 heteroatoms. The Kier molecular flexibility index (Phi) is 5.42. The lowest BCUT2D eigenvalue weighted by molar-refractivity contribution is -0.477. The van der Waals surface area contributed by atoms with Crippen LogP contribution >= 0.6 is 0 Å². The van der Waals surface area contributed by atoms with Gasteiger partial charge in [0.1, 0.15) is 0 Å². The van der Waals surface area contributed by atoms with E-state index in [1.807, 2.05) is 12.1 Å². The fourth-order valence-electron chi connectivity index (χ4n) is 1.73. The number of hydrogen-bond donors (Lipinski definition) is 4. The highest BCUT2D eigenvalue weighted by atomic mass is 16.4. The number of nitrogens with one attached hydrogen (secondary N) is 1. The first kappa shape index (κ1) is 14.6. The van der Waals surface area contributed by atoms with E-state index in [9.17, 15) is 9.90 Å². The van der Waals surface area contributed by atoms with Crippen LogP contribution in [0.1, 0.15) is 29.9 Å². The van der Waals surface area contributed by atoms with Crippen molar-refractivity contribution in [1.29, 1.82) is 0 Å². The third-order valence-corrected chi connectivity index (χ3v) is 2.75. The first-order chi connectivity index (χ1) is 9.04. The van der Waals surface area contributed by atoms with Gasteiger partial charge in [0, 0.05) is 6.42 Å². The van der Waals surface area contributed by atoms with Crippen molar-refractivity contribution in [1.82, 2.24) is 0 Å².